The van der Waals surface area contributed by atoms with Gasteiger partial charge < -0.3 is 15.0 Å². The summed E-state index contributed by atoms with van der Waals surface area (Å²) in [6.07, 6.45) is 0. The SMILES string of the molecule is Cc1cccc(NC(=O)CN2CCN(C(=O)COc3ccc(C#N)cc3)CC2)c1C. The number of carbonyl (C=O) groups excluding carboxylic acids is 2. The Balaban J connectivity index is 1.41. The highest BCUT2D eigenvalue weighted by atomic mass is 16.5. The van der Waals surface area contributed by atoms with E-state index in [1.807, 2.05) is 43.0 Å². The lowest BCUT2D eigenvalue weighted by molar-refractivity contribution is -0.135. The van der Waals surface area contributed by atoms with Crippen molar-refractivity contribution in [1.29, 1.82) is 5.26 Å². The van der Waals surface area contributed by atoms with E-state index >= 15 is 0 Å². The number of nitrogens with one attached hydrogen (secondary N) is 1. The van der Waals surface area contributed by atoms with Gasteiger partial charge in [-0.1, -0.05) is 12.1 Å². The van der Waals surface area contributed by atoms with Crippen molar-refractivity contribution in [1.82, 2.24) is 9.80 Å². The van der Waals surface area contributed by atoms with Crippen LogP contribution in [0.2, 0.25) is 0 Å². The monoisotopic (exact) mass is 406 g/mol. The molecule has 0 unspecified atom stereocenters. The summed E-state index contributed by atoms with van der Waals surface area (Å²) in [5, 5.41) is 11.8. The minimum atomic E-state index is -0.0844. The maximum absolute atomic E-state index is 12.4. The summed E-state index contributed by atoms with van der Waals surface area (Å²) in [5.41, 5.74) is 3.60. The largest absolute Gasteiger partial charge is 0.484 e. The van der Waals surface area contributed by atoms with E-state index in [0.29, 0.717) is 44.0 Å². The van der Waals surface area contributed by atoms with Gasteiger partial charge in [0, 0.05) is 31.9 Å². The molecule has 1 fully saturated rings. The van der Waals surface area contributed by atoms with Gasteiger partial charge in [0.15, 0.2) is 6.61 Å². The summed E-state index contributed by atoms with van der Waals surface area (Å²) in [6, 6.07) is 14.6. The molecule has 2 amide bonds. The van der Waals surface area contributed by atoms with Gasteiger partial charge in [-0.15, -0.1) is 0 Å². The minimum Gasteiger partial charge on any atom is -0.484 e. The number of aryl methyl sites for hydroxylation is 1. The normalized spacial score (nSPS) is 14.1. The summed E-state index contributed by atoms with van der Waals surface area (Å²) in [4.78, 5) is 28.6. The second kappa shape index (κ2) is 9.90. The fourth-order valence-electron chi connectivity index (χ4n) is 3.30. The van der Waals surface area contributed by atoms with Gasteiger partial charge in [-0.25, -0.2) is 0 Å². The van der Waals surface area contributed by atoms with Crippen LogP contribution in [-0.4, -0.2) is 60.9 Å². The third kappa shape index (κ3) is 5.58. The minimum absolute atomic E-state index is 0.0426. The Morgan fingerprint density at radius 1 is 1.07 bits per heavy atom. The molecule has 2 aromatic carbocycles. The average molecular weight is 406 g/mol. The van der Waals surface area contributed by atoms with Crippen molar-refractivity contribution in [3.63, 3.8) is 0 Å². The standard InChI is InChI=1S/C23H26N4O3/c1-17-4-3-5-21(18(17)2)25-22(28)15-26-10-12-27(13-11-26)23(29)16-30-20-8-6-19(14-24)7-9-20/h3-9H,10-13,15-16H2,1-2H3,(H,25,28). The highest BCUT2D eigenvalue weighted by Crippen LogP contribution is 2.18. The zero-order valence-corrected chi connectivity index (χ0v) is 17.4. The third-order valence-electron chi connectivity index (χ3n) is 5.32. The number of ether oxygens (including phenoxy) is 1. The Kier molecular flexibility index (Phi) is 7.04. The summed E-state index contributed by atoms with van der Waals surface area (Å²) in [6.45, 7) is 6.68. The van der Waals surface area contributed by atoms with Crippen molar-refractivity contribution in [3.05, 3.63) is 59.2 Å². The smallest absolute Gasteiger partial charge is 0.260 e. The number of amides is 2. The van der Waals surface area contributed by atoms with Crippen LogP contribution in [0.5, 0.6) is 5.75 Å². The first-order chi connectivity index (χ1) is 14.5. The van der Waals surface area contributed by atoms with E-state index in [-0.39, 0.29) is 18.4 Å². The summed E-state index contributed by atoms with van der Waals surface area (Å²) in [5.74, 6) is 0.426. The number of carbonyl (C=O) groups is 2. The lowest BCUT2D eigenvalue weighted by Crippen LogP contribution is -2.51. The molecule has 0 atom stereocenters. The van der Waals surface area contributed by atoms with Gasteiger partial charge in [-0.05, 0) is 55.3 Å². The number of piperazine rings is 1. The molecule has 0 saturated carbocycles. The van der Waals surface area contributed by atoms with E-state index in [1.54, 1.807) is 29.2 Å². The predicted molar refractivity (Wildman–Crippen MR) is 114 cm³/mol. The van der Waals surface area contributed by atoms with Crippen LogP contribution in [0.1, 0.15) is 16.7 Å². The molecule has 156 valence electrons. The van der Waals surface area contributed by atoms with Crippen LogP contribution >= 0.6 is 0 Å². The van der Waals surface area contributed by atoms with Gasteiger partial charge in [0.05, 0.1) is 18.2 Å². The number of hydrogen-bond donors (Lipinski definition) is 1. The van der Waals surface area contributed by atoms with Gasteiger partial charge in [0.25, 0.3) is 5.91 Å². The Morgan fingerprint density at radius 2 is 1.77 bits per heavy atom. The first-order valence-corrected chi connectivity index (χ1v) is 9.95. The molecular formula is C23H26N4O3. The van der Waals surface area contributed by atoms with Crippen LogP contribution in [0.3, 0.4) is 0 Å². The predicted octanol–water partition coefficient (Wildman–Crippen LogP) is 2.34. The molecule has 1 heterocycles. The molecule has 1 saturated heterocycles. The van der Waals surface area contributed by atoms with Gasteiger partial charge in [0.2, 0.25) is 5.91 Å². The van der Waals surface area contributed by atoms with Gasteiger partial charge >= 0.3 is 0 Å². The van der Waals surface area contributed by atoms with E-state index in [0.717, 1.165) is 16.8 Å². The van der Waals surface area contributed by atoms with Crippen LogP contribution in [0.4, 0.5) is 5.69 Å². The number of anilines is 1. The van der Waals surface area contributed by atoms with Gasteiger partial charge in [-0.3, -0.25) is 14.5 Å². The second-order valence-corrected chi connectivity index (χ2v) is 7.38. The molecule has 1 aliphatic heterocycles. The maximum Gasteiger partial charge on any atom is 0.260 e. The van der Waals surface area contributed by atoms with Gasteiger partial charge in [-0.2, -0.15) is 5.26 Å². The Labute approximate surface area is 176 Å². The highest BCUT2D eigenvalue weighted by molar-refractivity contribution is 5.93. The number of nitrogens with zero attached hydrogens (tertiary/aromatic N) is 3. The van der Waals surface area contributed by atoms with Crippen molar-refractivity contribution in [2.24, 2.45) is 0 Å². The van der Waals surface area contributed by atoms with Gasteiger partial charge in [0.1, 0.15) is 5.75 Å². The van der Waals surface area contributed by atoms with Crippen molar-refractivity contribution in [2.75, 3.05) is 44.6 Å². The third-order valence-corrected chi connectivity index (χ3v) is 5.32. The topological polar surface area (TPSA) is 85.7 Å². The van der Waals surface area contributed by atoms with Crippen LogP contribution in [0.25, 0.3) is 0 Å². The number of hydrogen-bond acceptors (Lipinski definition) is 5. The molecule has 3 rings (SSSR count). The Bertz CT molecular complexity index is 942. The van der Waals surface area contributed by atoms with Crippen molar-refractivity contribution in [2.45, 2.75) is 13.8 Å². The molecule has 0 aromatic heterocycles. The number of benzene rings is 2. The molecule has 7 nitrogen and oxygen atoms in total. The van der Waals surface area contributed by atoms with E-state index in [4.69, 9.17) is 10.00 Å². The molecule has 7 heteroatoms. The summed E-state index contributed by atoms with van der Waals surface area (Å²) >= 11 is 0. The van der Waals surface area contributed by atoms with Crippen LogP contribution in [0.15, 0.2) is 42.5 Å². The van der Waals surface area contributed by atoms with E-state index in [2.05, 4.69) is 5.32 Å². The van der Waals surface area contributed by atoms with Crippen molar-refractivity contribution in [3.8, 4) is 11.8 Å². The summed E-state index contributed by atoms with van der Waals surface area (Å²) in [7, 11) is 0. The maximum atomic E-state index is 12.4. The van der Waals surface area contributed by atoms with Crippen LogP contribution < -0.4 is 10.1 Å². The highest BCUT2D eigenvalue weighted by Gasteiger charge is 2.23. The quantitative estimate of drug-likeness (QED) is 0.796. The van der Waals surface area contributed by atoms with Crippen molar-refractivity contribution >= 4 is 17.5 Å². The zero-order valence-electron chi connectivity index (χ0n) is 17.4. The van der Waals surface area contributed by atoms with E-state index in [9.17, 15) is 9.59 Å². The first kappa shape index (κ1) is 21.3. The second-order valence-electron chi connectivity index (χ2n) is 7.38. The summed E-state index contributed by atoms with van der Waals surface area (Å²) < 4.78 is 5.52. The average Bonchev–Trinajstić information content (AvgIpc) is 2.76. The lowest BCUT2D eigenvalue weighted by Gasteiger charge is -2.34. The van der Waals surface area contributed by atoms with Crippen molar-refractivity contribution < 1.29 is 14.3 Å². The fraction of sp³-hybridized carbons (Fsp3) is 0.348. The van der Waals surface area contributed by atoms with E-state index < -0.39 is 0 Å². The molecule has 30 heavy (non-hydrogen) atoms. The molecule has 1 aliphatic rings. The fourth-order valence-corrected chi connectivity index (χ4v) is 3.30. The molecular weight excluding hydrogens is 380 g/mol. The van der Waals surface area contributed by atoms with Crippen LogP contribution in [-0.2, 0) is 9.59 Å². The Hall–Kier alpha value is -3.37. The zero-order chi connectivity index (χ0) is 21.5. The lowest BCUT2D eigenvalue weighted by atomic mass is 10.1. The molecule has 1 N–H and O–H groups in total. The molecule has 0 aliphatic carbocycles. The van der Waals surface area contributed by atoms with Crippen LogP contribution in [0, 0.1) is 25.2 Å². The Morgan fingerprint density at radius 3 is 2.43 bits per heavy atom. The first-order valence-electron chi connectivity index (χ1n) is 9.95. The molecule has 0 spiro atoms. The molecule has 0 radical (unpaired) electrons. The van der Waals surface area contributed by atoms with E-state index in [1.165, 1.54) is 0 Å². The number of rotatable bonds is 6. The molecule has 0 bridgehead atoms. The number of nitriles is 1. The molecule has 2 aromatic rings.